The fourth-order valence-corrected chi connectivity index (χ4v) is 2.45. The molecule has 0 saturated carbocycles. The Morgan fingerprint density at radius 2 is 1.67 bits per heavy atom. The highest BCUT2D eigenvalue weighted by molar-refractivity contribution is 5.77. The van der Waals surface area contributed by atoms with E-state index >= 15 is 0 Å². The molecule has 3 heteroatoms. The highest BCUT2D eigenvalue weighted by atomic mass is 16.5. The lowest BCUT2D eigenvalue weighted by molar-refractivity contribution is 0.306. The SMILES string of the molecule is Cc1cc(C)cc(COc2ccc3ccc(=O)oc3c2)c1. The Balaban J connectivity index is 1.83. The standard InChI is InChI=1S/C18H16O3/c1-12-7-13(2)9-14(8-12)11-20-16-5-3-15-4-6-18(19)21-17(15)10-16/h3-10H,11H2,1-2H3. The van der Waals surface area contributed by atoms with Crippen LogP contribution in [0.1, 0.15) is 16.7 Å². The molecule has 0 aliphatic carbocycles. The minimum atomic E-state index is -0.353. The number of rotatable bonds is 3. The molecule has 1 aromatic heterocycles. The van der Waals surface area contributed by atoms with E-state index in [0.717, 1.165) is 10.9 Å². The molecular formula is C18H16O3. The number of fused-ring (bicyclic) bond motifs is 1. The third-order valence-corrected chi connectivity index (χ3v) is 3.28. The number of hydrogen-bond donors (Lipinski definition) is 0. The van der Waals surface area contributed by atoms with E-state index < -0.39 is 0 Å². The van der Waals surface area contributed by atoms with E-state index in [0.29, 0.717) is 17.9 Å². The van der Waals surface area contributed by atoms with Gasteiger partial charge in [0.2, 0.25) is 0 Å². The van der Waals surface area contributed by atoms with Gasteiger partial charge in [0.25, 0.3) is 0 Å². The zero-order valence-corrected chi connectivity index (χ0v) is 12.1. The van der Waals surface area contributed by atoms with E-state index in [2.05, 4.69) is 32.0 Å². The van der Waals surface area contributed by atoms with Gasteiger partial charge < -0.3 is 9.15 Å². The van der Waals surface area contributed by atoms with Crippen LogP contribution in [-0.4, -0.2) is 0 Å². The summed E-state index contributed by atoms with van der Waals surface area (Å²) in [6.45, 7) is 4.63. The average Bonchev–Trinajstić information content (AvgIpc) is 2.43. The van der Waals surface area contributed by atoms with E-state index in [9.17, 15) is 4.79 Å². The highest BCUT2D eigenvalue weighted by Crippen LogP contribution is 2.20. The molecule has 0 bridgehead atoms. The van der Waals surface area contributed by atoms with Gasteiger partial charge in [-0.3, -0.25) is 0 Å². The monoisotopic (exact) mass is 280 g/mol. The van der Waals surface area contributed by atoms with Crippen LogP contribution in [0.25, 0.3) is 11.0 Å². The summed E-state index contributed by atoms with van der Waals surface area (Å²) >= 11 is 0. The van der Waals surface area contributed by atoms with Crippen LogP contribution in [0.15, 0.2) is 57.7 Å². The van der Waals surface area contributed by atoms with Crippen molar-refractivity contribution in [2.24, 2.45) is 0 Å². The molecule has 0 fully saturated rings. The number of ether oxygens (including phenoxy) is 1. The maximum Gasteiger partial charge on any atom is 0.336 e. The second-order valence-corrected chi connectivity index (χ2v) is 5.24. The first-order valence-corrected chi connectivity index (χ1v) is 6.84. The minimum Gasteiger partial charge on any atom is -0.489 e. The van der Waals surface area contributed by atoms with E-state index in [1.165, 1.54) is 17.2 Å². The Kier molecular flexibility index (Phi) is 3.48. The highest BCUT2D eigenvalue weighted by Gasteiger charge is 2.02. The molecule has 106 valence electrons. The van der Waals surface area contributed by atoms with Gasteiger partial charge in [0.05, 0.1) is 0 Å². The Labute approximate surface area is 122 Å². The fourth-order valence-electron chi connectivity index (χ4n) is 2.45. The zero-order chi connectivity index (χ0) is 14.8. The van der Waals surface area contributed by atoms with Crippen molar-refractivity contribution in [1.29, 1.82) is 0 Å². The van der Waals surface area contributed by atoms with Gasteiger partial charge in [0.1, 0.15) is 17.9 Å². The van der Waals surface area contributed by atoms with Gasteiger partial charge >= 0.3 is 5.63 Å². The zero-order valence-electron chi connectivity index (χ0n) is 12.1. The maximum absolute atomic E-state index is 11.2. The van der Waals surface area contributed by atoms with Crippen LogP contribution in [0, 0.1) is 13.8 Å². The molecule has 0 radical (unpaired) electrons. The molecule has 21 heavy (non-hydrogen) atoms. The predicted octanol–water partition coefficient (Wildman–Crippen LogP) is 3.99. The van der Waals surface area contributed by atoms with Crippen LogP contribution in [0.3, 0.4) is 0 Å². The first-order chi connectivity index (χ1) is 10.1. The first-order valence-electron chi connectivity index (χ1n) is 6.84. The molecule has 0 saturated heterocycles. The second kappa shape index (κ2) is 5.44. The minimum absolute atomic E-state index is 0.353. The molecule has 0 aliphatic heterocycles. The molecular weight excluding hydrogens is 264 g/mol. The smallest absolute Gasteiger partial charge is 0.336 e. The largest absolute Gasteiger partial charge is 0.489 e. The lowest BCUT2D eigenvalue weighted by Gasteiger charge is -2.08. The summed E-state index contributed by atoms with van der Waals surface area (Å²) in [4.78, 5) is 11.2. The summed E-state index contributed by atoms with van der Waals surface area (Å²) < 4.78 is 10.9. The van der Waals surface area contributed by atoms with Crippen molar-refractivity contribution >= 4 is 11.0 Å². The Morgan fingerprint density at radius 3 is 2.43 bits per heavy atom. The Morgan fingerprint density at radius 1 is 0.952 bits per heavy atom. The van der Waals surface area contributed by atoms with Crippen molar-refractivity contribution in [2.75, 3.05) is 0 Å². The quantitative estimate of drug-likeness (QED) is 0.681. The van der Waals surface area contributed by atoms with E-state index in [4.69, 9.17) is 9.15 Å². The molecule has 3 nitrogen and oxygen atoms in total. The molecule has 0 unspecified atom stereocenters. The van der Waals surface area contributed by atoms with Crippen molar-refractivity contribution in [3.05, 3.63) is 75.6 Å². The molecule has 3 aromatic rings. The van der Waals surface area contributed by atoms with Crippen LogP contribution in [-0.2, 0) is 6.61 Å². The summed E-state index contributed by atoms with van der Waals surface area (Å²) in [5.74, 6) is 0.691. The summed E-state index contributed by atoms with van der Waals surface area (Å²) in [6, 6.07) is 15.0. The normalized spacial score (nSPS) is 10.8. The fraction of sp³-hybridized carbons (Fsp3) is 0.167. The number of benzene rings is 2. The molecule has 0 amide bonds. The van der Waals surface area contributed by atoms with E-state index in [-0.39, 0.29) is 5.63 Å². The van der Waals surface area contributed by atoms with Gasteiger partial charge in [-0.15, -0.1) is 0 Å². The molecule has 0 N–H and O–H groups in total. The van der Waals surface area contributed by atoms with Crippen LogP contribution in [0.5, 0.6) is 5.75 Å². The molecule has 1 heterocycles. The molecule has 0 spiro atoms. The van der Waals surface area contributed by atoms with Crippen molar-refractivity contribution in [3.8, 4) is 5.75 Å². The van der Waals surface area contributed by atoms with Gasteiger partial charge in [-0.05, 0) is 37.6 Å². The molecule has 3 rings (SSSR count). The van der Waals surface area contributed by atoms with Crippen LogP contribution in [0.2, 0.25) is 0 Å². The summed E-state index contributed by atoms with van der Waals surface area (Å²) in [5, 5.41) is 0.883. The Hall–Kier alpha value is -2.55. The van der Waals surface area contributed by atoms with E-state index in [1.807, 2.05) is 12.1 Å². The van der Waals surface area contributed by atoms with Gasteiger partial charge in [-0.25, -0.2) is 4.79 Å². The molecule has 0 aliphatic rings. The summed E-state index contributed by atoms with van der Waals surface area (Å²) in [6.07, 6.45) is 0. The molecule has 2 aromatic carbocycles. The van der Waals surface area contributed by atoms with E-state index in [1.54, 1.807) is 12.1 Å². The Bertz CT molecular complexity index is 826. The first kappa shape index (κ1) is 13.4. The summed E-state index contributed by atoms with van der Waals surface area (Å²) in [7, 11) is 0. The van der Waals surface area contributed by atoms with Gasteiger partial charge in [0.15, 0.2) is 0 Å². The predicted molar refractivity (Wildman–Crippen MR) is 82.7 cm³/mol. The summed E-state index contributed by atoms with van der Waals surface area (Å²) in [5.41, 5.74) is 3.76. The van der Waals surface area contributed by atoms with Crippen LogP contribution >= 0.6 is 0 Å². The second-order valence-electron chi connectivity index (χ2n) is 5.24. The van der Waals surface area contributed by atoms with Crippen molar-refractivity contribution in [2.45, 2.75) is 20.5 Å². The lowest BCUT2D eigenvalue weighted by Crippen LogP contribution is -1.98. The lowest BCUT2D eigenvalue weighted by atomic mass is 10.1. The third kappa shape index (κ3) is 3.14. The van der Waals surface area contributed by atoms with Crippen molar-refractivity contribution < 1.29 is 9.15 Å². The average molecular weight is 280 g/mol. The molecule has 0 atom stereocenters. The third-order valence-electron chi connectivity index (χ3n) is 3.28. The number of hydrogen-bond acceptors (Lipinski definition) is 3. The maximum atomic E-state index is 11.2. The number of aryl methyl sites for hydroxylation is 2. The van der Waals surface area contributed by atoms with Crippen LogP contribution in [0.4, 0.5) is 0 Å². The van der Waals surface area contributed by atoms with Gasteiger partial charge in [-0.1, -0.05) is 29.3 Å². The van der Waals surface area contributed by atoms with Gasteiger partial charge in [-0.2, -0.15) is 0 Å². The van der Waals surface area contributed by atoms with Crippen molar-refractivity contribution in [1.82, 2.24) is 0 Å². The topological polar surface area (TPSA) is 39.4 Å². The van der Waals surface area contributed by atoms with Crippen molar-refractivity contribution in [3.63, 3.8) is 0 Å². The van der Waals surface area contributed by atoms with Gasteiger partial charge in [0, 0.05) is 17.5 Å². The van der Waals surface area contributed by atoms with Crippen LogP contribution < -0.4 is 10.4 Å².